The van der Waals surface area contributed by atoms with E-state index in [-0.39, 0.29) is 30.1 Å². The molecule has 6 heteroatoms. The number of fused-ring (bicyclic) bond motifs is 1. The fourth-order valence-corrected chi connectivity index (χ4v) is 2.71. The van der Waals surface area contributed by atoms with Gasteiger partial charge in [-0.2, -0.15) is 13.2 Å². The van der Waals surface area contributed by atoms with Crippen molar-refractivity contribution in [3.05, 3.63) is 29.8 Å². The third kappa shape index (κ3) is 3.57. The lowest BCUT2D eigenvalue weighted by Crippen LogP contribution is -2.40. The summed E-state index contributed by atoms with van der Waals surface area (Å²) >= 11 is -0.00493. The lowest BCUT2D eigenvalue weighted by atomic mass is 9.94. The third-order valence-corrected chi connectivity index (χ3v) is 3.75. The predicted octanol–water partition coefficient (Wildman–Crippen LogP) is 3.74. The number of benzene rings is 1. The molecule has 0 bridgehead atoms. The van der Waals surface area contributed by atoms with E-state index in [9.17, 15) is 13.2 Å². The first-order valence-corrected chi connectivity index (χ1v) is 7.00. The van der Waals surface area contributed by atoms with Crippen molar-refractivity contribution in [2.24, 2.45) is 0 Å². The highest BCUT2D eigenvalue weighted by Crippen LogP contribution is 2.42. The van der Waals surface area contributed by atoms with Gasteiger partial charge in [-0.05, 0) is 31.7 Å². The van der Waals surface area contributed by atoms with Crippen molar-refractivity contribution in [1.82, 2.24) is 5.32 Å². The average molecular weight is 291 g/mol. The fraction of sp³-hybridized carbons (Fsp3) is 0.538. The average Bonchev–Trinajstić information content (AvgIpc) is 2.53. The van der Waals surface area contributed by atoms with Crippen molar-refractivity contribution in [2.45, 2.75) is 31.0 Å². The van der Waals surface area contributed by atoms with Crippen molar-refractivity contribution < 1.29 is 17.9 Å². The van der Waals surface area contributed by atoms with Crippen molar-refractivity contribution >= 4 is 11.8 Å². The second-order valence-corrected chi connectivity index (χ2v) is 6.08. The molecular formula is C13H16F3NOS. The van der Waals surface area contributed by atoms with Gasteiger partial charge in [-0.1, -0.05) is 18.2 Å². The van der Waals surface area contributed by atoms with E-state index >= 15 is 0 Å². The molecule has 1 aromatic rings. The molecule has 1 N–H and O–H groups in total. The molecule has 0 saturated heterocycles. The van der Waals surface area contributed by atoms with Gasteiger partial charge in [0.15, 0.2) is 0 Å². The Morgan fingerprint density at radius 2 is 2.00 bits per heavy atom. The molecule has 1 aromatic carbocycles. The first kappa shape index (κ1) is 14.5. The number of thioether (sulfide) groups is 1. The van der Waals surface area contributed by atoms with E-state index in [1.807, 2.05) is 38.1 Å². The third-order valence-electron chi connectivity index (χ3n) is 3.01. The lowest BCUT2D eigenvalue weighted by molar-refractivity contribution is -0.0327. The largest absolute Gasteiger partial charge is 0.486 e. The Hall–Kier alpha value is -0.880. The van der Waals surface area contributed by atoms with Crippen LogP contribution in [0.15, 0.2) is 24.3 Å². The van der Waals surface area contributed by atoms with Crippen LogP contribution in [0.2, 0.25) is 0 Å². The standard InChI is InChI=1S/C13H16F3NOS/c1-12(2)11(17-7-8-19-13(14,15)16)9-5-3-4-6-10(9)18-12/h3-6,11,17H,7-8H2,1-2H3. The van der Waals surface area contributed by atoms with Gasteiger partial charge >= 0.3 is 5.51 Å². The topological polar surface area (TPSA) is 21.3 Å². The minimum Gasteiger partial charge on any atom is -0.486 e. The molecule has 0 fully saturated rings. The quantitative estimate of drug-likeness (QED) is 0.854. The van der Waals surface area contributed by atoms with Gasteiger partial charge in [-0.15, -0.1) is 0 Å². The molecule has 0 saturated carbocycles. The van der Waals surface area contributed by atoms with Crippen LogP contribution in [0.25, 0.3) is 0 Å². The number of hydrogen-bond donors (Lipinski definition) is 1. The molecule has 2 rings (SSSR count). The summed E-state index contributed by atoms with van der Waals surface area (Å²) in [5.74, 6) is 0.798. The maximum absolute atomic E-state index is 12.1. The molecule has 106 valence electrons. The molecule has 2 nitrogen and oxygen atoms in total. The lowest BCUT2D eigenvalue weighted by Gasteiger charge is -2.27. The molecule has 1 aliphatic rings. The summed E-state index contributed by atoms with van der Waals surface area (Å²) in [6, 6.07) is 7.53. The number of halogens is 3. The molecule has 19 heavy (non-hydrogen) atoms. The highest BCUT2D eigenvalue weighted by Gasteiger charge is 2.40. The molecule has 0 amide bonds. The van der Waals surface area contributed by atoms with E-state index in [0.29, 0.717) is 0 Å². The highest BCUT2D eigenvalue weighted by molar-refractivity contribution is 8.00. The van der Waals surface area contributed by atoms with Gasteiger partial charge in [0.2, 0.25) is 0 Å². The minimum absolute atomic E-state index is 0.00174. The van der Waals surface area contributed by atoms with Gasteiger partial charge in [0, 0.05) is 17.9 Å². The summed E-state index contributed by atoms with van der Waals surface area (Å²) in [7, 11) is 0. The maximum atomic E-state index is 12.1. The van der Waals surface area contributed by atoms with Gasteiger partial charge in [0.05, 0.1) is 6.04 Å². The van der Waals surface area contributed by atoms with Crippen LogP contribution in [0.5, 0.6) is 5.75 Å². The Morgan fingerprint density at radius 1 is 1.32 bits per heavy atom. The second-order valence-electron chi connectivity index (χ2n) is 4.92. The number of ether oxygens (including phenoxy) is 1. The number of para-hydroxylation sites is 1. The molecule has 1 atom stereocenters. The summed E-state index contributed by atoms with van der Waals surface area (Å²) in [5, 5.41) is 3.15. The Morgan fingerprint density at radius 3 is 2.68 bits per heavy atom. The van der Waals surface area contributed by atoms with Crippen molar-refractivity contribution in [2.75, 3.05) is 12.3 Å². The first-order chi connectivity index (χ1) is 8.80. The zero-order valence-corrected chi connectivity index (χ0v) is 11.6. The minimum atomic E-state index is -4.17. The van der Waals surface area contributed by atoms with Crippen molar-refractivity contribution in [3.63, 3.8) is 0 Å². The summed E-state index contributed by atoms with van der Waals surface area (Å²) in [4.78, 5) is 0. The van der Waals surface area contributed by atoms with Gasteiger partial charge in [-0.3, -0.25) is 0 Å². The SMILES string of the molecule is CC1(C)Oc2ccccc2C1NCCSC(F)(F)F. The summed E-state index contributed by atoms with van der Waals surface area (Å²) < 4.78 is 42.0. The zero-order valence-electron chi connectivity index (χ0n) is 10.8. The predicted molar refractivity (Wildman–Crippen MR) is 70.4 cm³/mol. The van der Waals surface area contributed by atoms with Gasteiger partial charge in [0.1, 0.15) is 11.4 Å². The number of nitrogens with one attached hydrogen (secondary N) is 1. The van der Waals surface area contributed by atoms with E-state index < -0.39 is 11.1 Å². The van der Waals surface area contributed by atoms with Crippen LogP contribution >= 0.6 is 11.8 Å². The van der Waals surface area contributed by atoms with E-state index in [1.165, 1.54) is 0 Å². The Balaban J connectivity index is 1.96. The molecule has 0 spiro atoms. The smallest absolute Gasteiger partial charge is 0.441 e. The molecule has 0 aromatic heterocycles. The zero-order chi connectivity index (χ0) is 14.1. The Labute approximate surface area is 114 Å². The molecule has 1 unspecified atom stereocenters. The van der Waals surface area contributed by atoms with Crippen molar-refractivity contribution in [1.29, 1.82) is 0 Å². The first-order valence-electron chi connectivity index (χ1n) is 6.01. The fourth-order valence-electron chi connectivity index (χ4n) is 2.25. The normalized spacial score (nSPS) is 21.0. The molecule has 1 aliphatic heterocycles. The van der Waals surface area contributed by atoms with Crippen molar-refractivity contribution in [3.8, 4) is 5.75 Å². The van der Waals surface area contributed by atoms with Crippen LogP contribution in [0.4, 0.5) is 13.2 Å². The molecule has 0 aliphatic carbocycles. The van der Waals surface area contributed by atoms with Gasteiger partial charge in [-0.25, -0.2) is 0 Å². The van der Waals surface area contributed by atoms with Gasteiger partial charge in [0.25, 0.3) is 0 Å². The summed E-state index contributed by atoms with van der Waals surface area (Å²) in [5.41, 5.74) is -3.61. The van der Waals surface area contributed by atoms with Crippen LogP contribution < -0.4 is 10.1 Å². The number of alkyl halides is 3. The molecule has 0 radical (unpaired) electrons. The van der Waals surface area contributed by atoms with Crippen LogP contribution in [0.1, 0.15) is 25.5 Å². The summed E-state index contributed by atoms with van der Waals surface area (Å²) in [6.45, 7) is 4.15. The van der Waals surface area contributed by atoms with Gasteiger partial charge < -0.3 is 10.1 Å². The van der Waals surface area contributed by atoms with Crippen LogP contribution in [-0.4, -0.2) is 23.4 Å². The van der Waals surface area contributed by atoms with E-state index in [1.54, 1.807) is 0 Å². The molecular weight excluding hydrogens is 275 g/mol. The maximum Gasteiger partial charge on any atom is 0.441 e. The van der Waals surface area contributed by atoms with Crippen LogP contribution in [0, 0.1) is 0 Å². The van der Waals surface area contributed by atoms with Crippen LogP contribution in [0.3, 0.4) is 0 Å². The molecule has 1 heterocycles. The van der Waals surface area contributed by atoms with E-state index in [4.69, 9.17) is 4.74 Å². The summed E-state index contributed by atoms with van der Waals surface area (Å²) in [6.07, 6.45) is 0. The van der Waals surface area contributed by atoms with Crippen LogP contribution in [-0.2, 0) is 0 Å². The van der Waals surface area contributed by atoms with E-state index in [0.717, 1.165) is 11.3 Å². The second kappa shape index (κ2) is 5.25. The number of hydrogen-bond acceptors (Lipinski definition) is 3. The number of rotatable bonds is 4. The monoisotopic (exact) mass is 291 g/mol. The highest BCUT2D eigenvalue weighted by atomic mass is 32.2. The Kier molecular flexibility index (Phi) is 4.01. The Bertz CT molecular complexity index is 448. The van der Waals surface area contributed by atoms with E-state index in [2.05, 4.69) is 5.32 Å².